The van der Waals surface area contributed by atoms with Gasteiger partial charge in [-0.3, -0.25) is 9.59 Å². The molecule has 3 aromatic rings. The highest BCUT2D eigenvalue weighted by molar-refractivity contribution is 7.13. The molecule has 0 aliphatic carbocycles. The lowest BCUT2D eigenvalue weighted by Crippen LogP contribution is -2.37. The van der Waals surface area contributed by atoms with Crippen LogP contribution < -0.4 is 10.1 Å². The molecule has 1 aromatic heterocycles. The Labute approximate surface area is 175 Å². The molecular weight excluding hydrogens is 384 g/mol. The molecule has 1 heterocycles. The number of benzene rings is 2. The van der Waals surface area contributed by atoms with Crippen molar-refractivity contribution in [2.75, 3.05) is 20.2 Å². The Morgan fingerprint density at radius 2 is 1.90 bits per heavy atom. The third kappa shape index (κ3) is 5.15. The maximum Gasteiger partial charge on any atom is 0.261 e. The van der Waals surface area contributed by atoms with Crippen molar-refractivity contribution in [3.05, 3.63) is 63.8 Å². The number of nitrogens with one attached hydrogen (secondary N) is 1. The average Bonchev–Trinajstić information content (AvgIpc) is 3.17. The molecule has 0 spiro atoms. The molecule has 2 aromatic carbocycles. The van der Waals surface area contributed by atoms with Crippen LogP contribution in [0.25, 0.3) is 10.8 Å². The molecule has 152 valence electrons. The van der Waals surface area contributed by atoms with Crippen molar-refractivity contribution in [2.45, 2.75) is 26.8 Å². The number of ether oxygens (including phenoxy) is 1. The number of hydrogen-bond donors (Lipinski definition) is 1. The van der Waals surface area contributed by atoms with Gasteiger partial charge in [0.25, 0.3) is 5.91 Å². The molecule has 2 amide bonds. The Morgan fingerprint density at radius 3 is 2.62 bits per heavy atom. The van der Waals surface area contributed by atoms with Crippen LogP contribution >= 0.6 is 11.3 Å². The highest BCUT2D eigenvalue weighted by atomic mass is 32.1. The van der Waals surface area contributed by atoms with Gasteiger partial charge in [-0.1, -0.05) is 37.3 Å². The fraction of sp³-hybridized carbons (Fsp3) is 0.304. The number of carbonyl (C=O) groups excluding carboxylic acids is 2. The average molecular weight is 411 g/mol. The number of likely N-dealkylation sites (N-methyl/N-ethyl adjacent to an activating group) is 1. The number of hydrogen-bond acceptors (Lipinski definition) is 4. The maximum absolute atomic E-state index is 12.6. The molecule has 0 radical (unpaired) electrons. The van der Waals surface area contributed by atoms with Gasteiger partial charge in [0.05, 0.1) is 18.0 Å². The molecule has 0 saturated heterocycles. The Bertz CT molecular complexity index is 1010. The number of nitrogens with zero attached hydrogens (tertiary/aromatic N) is 1. The molecular formula is C23H26N2O3S. The predicted octanol–water partition coefficient (Wildman–Crippen LogP) is 4.39. The van der Waals surface area contributed by atoms with Crippen molar-refractivity contribution < 1.29 is 14.3 Å². The standard InChI is InChI=1S/C23H26N2O3S/c1-4-13-28-20-11-10-17-7-5-6-8-18(17)19(20)15-25(3)22(26)14-24-23(27)21-12-9-16(2)29-21/h5-12H,4,13-15H2,1-3H3,(H,24,27). The summed E-state index contributed by atoms with van der Waals surface area (Å²) >= 11 is 1.42. The van der Waals surface area contributed by atoms with E-state index in [1.54, 1.807) is 18.0 Å². The van der Waals surface area contributed by atoms with E-state index >= 15 is 0 Å². The van der Waals surface area contributed by atoms with Gasteiger partial charge < -0.3 is 15.0 Å². The van der Waals surface area contributed by atoms with Gasteiger partial charge in [0.2, 0.25) is 5.91 Å². The van der Waals surface area contributed by atoms with Gasteiger partial charge in [0.1, 0.15) is 5.75 Å². The van der Waals surface area contributed by atoms with Gasteiger partial charge in [-0.2, -0.15) is 0 Å². The van der Waals surface area contributed by atoms with Crippen LogP contribution in [-0.4, -0.2) is 36.9 Å². The Hall–Kier alpha value is -2.86. The first kappa shape index (κ1) is 20.9. The summed E-state index contributed by atoms with van der Waals surface area (Å²) in [6.45, 7) is 5.01. The second kappa shape index (κ2) is 9.56. The molecule has 0 atom stereocenters. The first-order valence-corrected chi connectivity index (χ1v) is 10.5. The Balaban J connectivity index is 1.71. The third-order valence-electron chi connectivity index (χ3n) is 4.64. The normalized spacial score (nSPS) is 10.7. The van der Waals surface area contributed by atoms with Crippen LogP contribution in [0, 0.1) is 6.92 Å². The topological polar surface area (TPSA) is 58.6 Å². The van der Waals surface area contributed by atoms with E-state index in [1.165, 1.54) is 11.3 Å². The van der Waals surface area contributed by atoms with Crippen LogP contribution in [0.2, 0.25) is 0 Å². The lowest BCUT2D eigenvalue weighted by molar-refractivity contribution is -0.129. The highest BCUT2D eigenvalue weighted by Gasteiger charge is 2.16. The van der Waals surface area contributed by atoms with Crippen LogP contribution in [0.1, 0.15) is 33.5 Å². The van der Waals surface area contributed by atoms with Crippen molar-refractivity contribution in [1.29, 1.82) is 0 Å². The summed E-state index contributed by atoms with van der Waals surface area (Å²) in [5.41, 5.74) is 0.979. The summed E-state index contributed by atoms with van der Waals surface area (Å²) in [7, 11) is 1.75. The second-order valence-corrected chi connectivity index (χ2v) is 8.24. The minimum Gasteiger partial charge on any atom is -0.493 e. The van der Waals surface area contributed by atoms with E-state index in [0.29, 0.717) is 18.0 Å². The Kier molecular flexibility index (Phi) is 6.88. The number of amides is 2. The van der Waals surface area contributed by atoms with Crippen molar-refractivity contribution >= 4 is 33.9 Å². The lowest BCUT2D eigenvalue weighted by atomic mass is 10.0. The van der Waals surface area contributed by atoms with E-state index in [9.17, 15) is 9.59 Å². The molecule has 0 unspecified atom stereocenters. The zero-order chi connectivity index (χ0) is 20.8. The number of carbonyl (C=O) groups is 2. The molecule has 6 heteroatoms. The molecule has 29 heavy (non-hydrogen) atoms. The molecule has 0 fully saturated rings. The van der Waals surface area contributed by atoms with Crippen molar-refractivity contribution in [1.82, 2.24) is 10.2 Å². The second-order valence-electron chi connectivity index (χ2n) is 6.95. The van der Waals surface area contributed by atoms with Gasteiger partial charge >= 0.3 is 0 Å². The summed E-state index contributed by atoms with van der Waals surface area (Å²) in [4.78, 5) is 28.1. The van der Waals surface area contributed by atoms with Gasteiger partial charge in [-0.25, -0.2) is 0 Å². The third-order valence-corrected chi connectivity index (χ3v) is 5.64. The number of thiophene rings is 1. The smallest absolute Gasteiger partial charge is 0.261 e. The summed E-state index contributed by atoms with van der Waals surface area (Å²) < 4.78 is 5.93. The number of fused-ring (bicyclic) bond motifs is 1. The van der Waals surface area contributed by atoms with Crippen LogP contribution in [0.5, 0.6) is 5.75 Å². The first-order chi connectivity index (χ1) is 14.0. The van der Waals surface area contributed by atoms with E-state index in [4.69, 9.17) is 4.74 Å². The van der Waals surface area contributed by atoms with E-state index in [1.807, 2.05) is 49.4 Å². The number of aryl methyl sites for hydroxylation is 1. The molecule has 1 N–H and O–H groups in total. The summed E-state index contributed by atoms with van der Waals surface area (Å²) in [6.07, 6.45) is 0.912. The fourth-order valence-electron chi connectivity index (χ4n) is 3.09. The molecule has 0 aliphatic heterocycles. The SMILES string of the molecule is CCCOc1ccc2ccccc2c1CN(C)C(=O)CNC(=O)c1ccc(C)s1. The van der Waals surface area contributed by atoms with Crippen LogP contribution in [-0.2, 0) is 11.3 Å². The highest BCUT2D eigenvalue weighted by Crippen LogP contribution is 2.29. The van der Waals surface area contributed by atoms with Gasteiger partial charge in [0.15, 0.2) is 0 Å². The summed E-state index contributed by atoms with van der Waals surface area (Å²) in [6, 6.07) is 15.7. The van der Waals surface area contributed by atoms with Crippen LogP contribution in [0.15, 0.2) is 48.5 Å². The van der Waals surface area contributed by atoms with Crippen LogP contribution in [0.4, 0.5) is 0 Å². The molecule has 0 aliphatic rings. The van der Waals surface area contributed by atoms with Gasteiger partial charge in [-0.05, 0) is 42.3 Å². The quantitative estimate of drug-likeness (QED) is 0.599. The minimum atomic E-state index is -0.220. The van der Waals surface area contributed by atoms with Crippen molar-refractivity contribution in [2.24, 2.45) is 0 Å². The van der Waals surface area contributed by atoms with E-state index in [0.717, 1.165) is 33.4 Å². The maximum atomic E-state index is 12.6. The van der Waals surface area contributed by atoms with Gasteiger partial charge in [-0.15, -0.1) is 11.3 Å². The van der Waals surface area contributed by atoms with E-state index in [-0.39, 0.29) is 18.4 Å². The largest absolute Gasteiger partial charge is 0.493 e. The molecule has 0 bridgehead atoms. The summed E-state index contributed by atoms with van der Waals surface area (Å²) in [5.74, 6) is 0.422. The zero-order valence-electron chi connectivity index (χ0n) is 17.0. The molecule has 3 rings (SSSR count). The minimum absolute atomic E-state index is 0.0395. The fourth-order valence-corrected chi connectivity index (χ4v) is 3.87. The lowest BCUT2D eigenvalue weighted by Gasteiger charge is -2.21. The van der Waals surface area contributed by atoms with Crippen molar-refractivity contribution in [3.63, 3.8) is 0 Å². The van der Waals surface area contributed by atoms with Crippen LogP contribution in [0.3, 0.4) is 0 Å². The van der Waals surface area contributed by atoms with E-state index < -0.39 is 0 Å². The number of rotatable bonds is 8. The predicted molar refractivity (Wildman–Crippen MR) is 118 cm³/mol. The van der Waals surface area contributed by atoms with Gasteiger partial charge in [0, 0.05) is 24.0 Å². The summed E-state index contributed by atoms with van der Waals surface area (Å²) in [5, 5.41) is 4.89. The molecule has 5 nitrogen and oxygen atoms in total. The zero-order valence-corrected chi connectivity index (χ0v) is 17.8. The molecule has 0 saturated carbocycles. The Morgan fingerprint density at radius 1 is 1.10 bits per heavy atom. The first-order valence-electron chi connectivity index (χ1n) is 9.71. The van der Waals surface area contributed by atoms with Crippen molar-refractivity contribution in [3.8, 4) is 5.75 Å². The monoisotopic (exact) mass is 410 g/mol. The van der Waals surface area contributed by atoms with E-state index in [2.05, 4.69) is 12.2 Å².